The molecule has 2 atom stereocenters. The molecule has 9 heteroatoms. The number of amides is 1. The Morgan fingerprint density at radius 2 is 1.69 bits per heavy atom. The lowest BCUT2D eigenvalue weighted by molar-refractivity contribution is -0.153. The Balaban J connectivity index is 2.00. The molecule has 4 rings (SSSR count). The molecule has 0 bridgehead atoms. The summed E-state index contributed by atoms with van der Waals surface area (Å²) in [5, 5.41) is 0. The summed E-state index contributed by atoms with van der Waals surface area (Å²) >= 11 is 0. The number of benzene rings is 2. The number of aromatic nitrogens is 2. The van der Waals surface area contributed by atoms with Crippen molar-refractivity contribution in [2.24, 2.45) is 5.92 Å². The van der Waals surface area contributed by atoms with E-state index in [1.54, 1.807) is 24.0 Å². The van der Waals surface area contributed by atoms with Gasteiger partial charge in [-0.1, -0.05) is 31.9 Å². The van der Waals surface area contributed by atoms with Crippen LogP contribution in [0.3, 0.4) is 0 Å². The molecule has 0 saturated carbocycles. The molecular formula is C27H33N3O6. The highest BCUT2D eigenvalue weighted by molar-refractivity contribution is 6.08. The zero-order chi connectivity index (χ0) is 25.8. The minimum Gasteiger partial charge on any atom is -0.493 e. The van der Waals surface area contributed by atoms with Crippen molar-refractivity contribution >= 4 is 28.9 Å². The average Bonchev–Trinajstić information content (AvgIpc) is 3.27. The number of para-hydroxylation sites is 2. The molecule has 192 valence electrons. The Morgan fingerprint density at radius 3 is 2.31 bits per heavy atom. The maximum atomic E-state index is 14.0. The Hall–Kier alpha value is -3.75. The van der Waals surface area contributed by atoms with Gasteiger partial charge < -0.3 is 23.5 Å². The third kappa shape index (κ3) is 4.34. The van der Waals surface area contributed by atoms with Crippen LogP contribution in [0.1, 0.15) is 44.7 Å². The third-order valence-electron chi connectivity index (χ3n) is 6.50. The number of anilines is 1. The lowest BCUT2D eigenvalue weighted by Crippen LogP contribution is -2.50. The van der Waals surface area contributed by atoms with Crippen LogP contribution in [0.5, 0.6) is 17.2 Å². The van der Waals surface area contributed by atoms with Crippen molar-refractivity contribution in [1.82, 2.24) is 9.55 Å². The van der Waals surface area contributed by atoms with Crippen molar-refractivity contribution in [2.45, 2.75) is 39.2 Å². The lowest BCUT2D eigenvalue weighted by atomic mass is 9.88. The van der Waals surface area contributed by atoms with Gasteiger partial charge in [0.1, 0.15) is 0 Å². The SMILES string of the molecule is CCCCCN1C(=O)[C@H](C(=O)OCC)[C@@H](c2cc(OC)c(OC)c(OC)c2)n2c1nc1ccccc12. The van der Waals surface area contributed by atoms with E-state index in [0.717, 1.165) is 30.3 Å². The van der Waals surface area contributed by atoms with E-state index in [4.69, 9.17) is 23.9 Å². The van der Waals surface area contributed by atoms with E-state index in [1.807, 2.05) is 28.8 Å². The van der Waals surface area contributed by atoms with E-state index >= 15 is 0 Å². The van der Waals surface area contributed by atoms with E-state index in [2.05, 4.69) is 6.92 Å². The molecular weight excluding hydrogens is 462 g/mol. The summed E-state index contributed by atoms with van der Waals surface area (Å²) in [6.07, 6.45) is 2.77. The lowest BCUT2D eigenvalue weighted by Gasteiger charge is -2.38. The van der Waals surface area contributed by atoms with Crippen molar-refractivity contribution in [2.75, 3.05) is 39.4 Å². The Bertz CT molecular complexity index is 1230. The second kappa shape index (κ2) is 10.9. The number of carbonyl (C=O) groups excluding carboxylic acids is 2. The highest BCUT2D eigenvalue weighted by Gasteiger charge is 2.48. The van der Waals surface area contributed by atoms with Crippen molar-refractivity contribution in [3.8, 4) is 17.2 Å². The number of nitrogens with zero attached hydrogens (tertiary/aromatic N) is 3. The van der Waals surface area contributed by atoms with Crippen LogP contribution >= 0.6 is 0 Å². The molecule has 9 nitrogen and oxygen atoms in total. The highest BCUT2D eigenvalue weighted by atomic mass is 16.5. The number of hydrogen-bond donors (Lipinski definition) is 0. The largest absolute Gasteiger partial charge is 0.493 e. The number of rotatable bonds is 10. The van der Waals surface area contributed by atoms with Crippen molar-refractivity contribution in [1.29, 1.82) is 0 Å². The summed E-state index contributed by atoms with van der Waals surface area (Å²) in [7, 11) is 4.59. The maximum Gasteiger partial charge on any atom is 0.321 e. The van der Waals surface area contributed by atoms with Crippen LogP contribution in [0.25, 0.3) is 11.0 Å². The number of hydrogen-bond acceptors (Lipinski definition) is 7. The first kappa shape index (κ1) is 25.3. The van der Waals surface area contributed by atoms with Crippen molar-refractivity contribution in [3.63, 3.8) is 0 Å². The molecule has 0 unspecified atom stereocenters. The molecule has 0 N–H and O–H groups in total. The van der Waals surface area contributed by atoms with Gasteiger partial charge in [0.05, 0.1) is 45.0 Å². The minimum atomic E-state index is -1.11. The van der Waals surface area contributed by atoms with Gasteiger partial charge in [0, 0.05) is 6.54 Å². The average molecular weight is 496 g/mol. The first-order valence-corrected chi connectivity index (χ1v) is 12.2. The predicted molar refractivity (Wildman–Crippen MR) is 136 cm³/mol. The molecule has 0 saturated heterocycles. The van der Waals surface area contributed by atoms with Crippen molar-refractivity contribution in [3.05, 3.63) is 42.0 Å². The number of imidazole rings is 1. The number of fused-ring (bicyclic) bond motifs is 3. The van der Waals surface area contributed by atoms with Gasteiger partial charge in [-0.05, 0) is 43.2 Å². The molecule has 1 aliphatic heterocycles. The maximum absolute atomic E-state index is 14.0. The second-order valence-corrected chi connectivity index (χ2v) is 8.60. The van der Waals surface area contributed by atoms with Crippen LogP contribution in [0, 0.1) is 5.92 Å². The Kier molecular flexibility index (Phi) is 7.67. The quantitative estimate of drug-likeness (QED) is 0.234. The van der Waals surface area contributed by atoms with Crippen LogP contribution in [-0.4, -0.2) is 55.9 Å². The highest BCUT2D eigenvalue weighted by Crippen LogP contribution is 2.46. The third-order valence-corrected chi connectivity index (χ3v) is 6.50. The van der Waals surface area contributed by atoms with Gasteiger partial charge in [-0.25, -0.2) is 4.98 Å². The predicted octanol–water partition coefficient (Wildman–Crippen LogP) is 4.37. The van der Waals surface area contributed by atoms with Gasteiger partial charge in [0.2, 0.25) is 17.6 Å². The van der Waals surface area contributed by atoms with Gasteiger partial charge in [-0.3, -0.25) is 14.5 Å². The van der Waals surface area contributed by atoms with Gasteiger partial charge in [0.15, 0.2) is 17.4 Å². The normalized spacial score (nSPS) is 17.1. The summed E-state index contributed by atoms with van der Waals surface area (Å²) < 4.78 is 24.1. The fourth-order valence-corrected chi connectivity index (χ4v) is 4.85. The minimum absolute atomic E-state index is 0.165. The molecule has 1 amide bonds. The van der Waals surface area contributed by atoms with E-state index < -0.39 is 17.9 Å². The zero-order valence-corrected chi connectivity index (χ0v) is 21.4. The number of unbranched alkanes of at least 4 members (excludes halogenated alkanes) is 2. The summed E-state index contributed by atoms with van der Waals surface area (Å²) in [5.41, 5.74) is 2.20. The molecule has 0 aliphatic carbocycles. The number of esters is 1. The summed E-state index contributed by atoms with van der Waals surface area (Å²) in [6.45, 7) is 4.47. The number of methoxy groups -OCH3 is 3. The smallest absolute Gasteiger partial charge is 0.321 e. The summed E-state index contributed by atoms with van der Waals surface area (Å²) in [4.78, 5) is 33.8. The summed E-state index contributed by atoms with van der Waals surface area (Å²) in [5.74, 6) is -0.223. The topological polar surface area (TPSA) is 92.1 Å². The fraction of sp³-hybridized carbons (Fsp3) is 0.444. The van der Waals surface area contributed by atoms with E-state index in [0.29, 0.717) is 35.3 Å². The van der Waals surface area contributed by atoms with E-state index in [9.17, 15) is 9.59 Å². The van der Waals surface area contributed by atoms with E-state index in [1.165, 1.54) is 21.3 Å². The molecule has 0 radical (unpaired) electrons. The van der Waals surface area contributed by atoms with Gasteiger partial charge in [-0.2, -0.15) is 0 Å². The molecule has 3 aromatic rings. The fourth-order valence-electron chi connectivity index (χ4n) is 4.85. The monoisotopic (exact) mass is 495 g/mol. The first-order valence-electron chi connectivity index (χ1n) is 12.2. The van der Waals surface area contributed by atoms with Crippen LogP contribution < -0.4 is 19.1 Å². The molecule has 36 heavy (non-hydrogen) atoms. The van der Waals surface area contributed by atoms with Gasteiger partial charge in [-0.15, -0.1) is 0 Å². The van der Waals surface area contributed by atoms with Crippen LogP contribution in [-0.2, 0) is 14.3 Å². The van der Waals surface area contributed by atoms with Crippen LogP contribution in [0.15, 0.2) is 36.4 Å². The number of ether oxygens (including phenoxy) is 4. The summed E-state index contributed by atoms with van der Waals surface area (Å²) in [6, 6.07) is 10.5. The molecule has 0 fully saturated rings. The standard InChI is InChI=1S/C27H33N3O6/c1-6-8-11-14-29-25(31)22(26(32)36-7-2)23(30-19-13-10-9-12-18(19)28-27(29)30)17-15-20(33-3)24(35-5)21(16-17)34-4/h9-10,12-13,15-16,22-23H,6-8,11,14H2,1-5H3/t22-,23-/m1/s1. The zero-order valence-electron chi connectivity index (χ0n) is 21.4. The van der Waals surface area contributed by atoms with Crippen LogP contribution in [0.4, 0.5) is 5.95 Å². The molecule has 1 aromatic heterocycles. The first-order chi connectivity index (χ1) is 17.5. The van der Waals surface area contributed by atoms with E-state index in [-0.39, 0.29) is 12.5 Å². The molecule has 0 spiro atoms. The van der Waals surface area contributed by atoms with Gasteiger partial charge in [0.25, 0.3) is 0 Å². The van der Waals surface area contributed by atoms with Gasteiger partial charge >= 0.3 is 5.97 Å². The number of carbonyl (C=O) groups is 2. The second-order valence-electron chi connectivity index (χ2n) is 8.60. The molecule has 2 aromatic carbocycles. The van der Waals surface area contributed by atoms with Crippen LogP contribution in [0.2, 0.25) is 0 Å². The molecule has 2 heterocycles. The Labute approximate surface area is 210 Å². The molecule has 1 aliphatic rings. The van der Waals surface area contributed by atoms with Crippen molar-refractivity contribution < 1.29 is 28.5 Å². The Morgan fingerprint density at radius 1 is 1.00 bits per heavy atom.